The van der Waals surface area contributed by atoms with Crippen molar-refractivity contribution in [3.05, 3.63) is 23.3 Å². The molecule has 17 heavy (non-hydrogen) atoms. The van der Waals surface area contributed by atoms with Crippen LogP contribution < -0.4 is 9.47 Å². The van der Waals surface area contributed by atoms with E-state index < -0.39 is 5.97 Å². The van der Waals surface area contributed by atoms with Crippen LogP contribution in [0.15, 0.2) is 12.1 Å². The van der Waals surface area contributed by atoms with Crippen LogP contribution in [0.1, 0.15) is 15.9 Å². The molecule has 1 N–H and O–H groups in total. The Hall–Kier alpha value is -2.48. The van der Waals surface area contributed by atoms with Gasteiger partial charge in [-0.25, -0.2) is 4.79 Å². The van der Waals surface area contributed by atoms with Gasteiger partial charge in [-0.05, 0) is 12.0 Å². The Morgan fingerprint density at radius 1 is 1.35 bits per heavy atom. The molecule has 0 aromatic heterocycles. The number of hydrogen-bond donors (Lipinski definition) is 1. The zero-order chi connectivity index (χ0) is 12.8. The zero-order valence-corrected chi connectivity index (χ0v) is 9.31. The molecule has 0 saturated carbocycles. The second-order valence-corrected chi connectivity index (χ2v) is 2.94. The summed E-state index contributed by atoms with van der Waals surface area (Å²) in [6, 6.07) is 2.87. The largest absolute Gasteiger partial charge is 0.497 e. The summed E-state index contributed by atoms with van der Waals surface area (Å²) in [5, 5.41) is 9.06. The van der Waals surface area contributed by atoms with Crippen molar-refractivity contribution in [2.45, 2.75) is 0 Å². The molecule has 0 fully saturated rings. The third kappa shape index (κ3) is 2.75. The van der Waals surface area contributed by atoms with E-state index in [1.807, 2.05) is 0 Å². The lowest BCUT2D eigenvalue weighted by atomic mass is 10.1. The van der Waals surface area contributed by atoms with Gasteiger partial charge in [0.2, 0.25) is 0 Å². The van der Waals surface area contributed by atoms with E-state index >= 15 is 0 Å². The fourth-order valence-corrected chi connectivity index (χ4v) is 1.30. The quantitative estimate of drug-likeness (QED) is 0.622. The van der Waals surface area contributed by atoms with Crippen LogP contribution in [0, 0.1) is 11.8 Å². The SMILES string of the molecule is COc1cc(C#CC=O)c(C(=O)O)c(OC)c1. The fourth-order valence-electron chi connectivity index (χ4n) is 1.30. The Bertz CT molecular complexity index is 508. The highest BCUT2D eigenvalue weighted by atomic mass is 16.5. The lowest BCUT2D eigenvalue weighted by Crippen LogP contribution is -2.04. The molecule has 0 aliphatic carbocycles. The summed E-state index contributed by atoms with van der Waals surface area (Å²) < 4.78 is 9.94. The Morgan fingerprint density at radius 3 is 2.53 bits per heavy atom. The van der Waals surface area contributed by atoms with Crippen molar-refractivity contribution in [3.8, 4) is 23.3 Å². The summed E-state index contributed by atoms with van der Waals surface area (Å²) in [5.74, 6) is 3.95. The van der Waals surface area contributed by atoms with E-state index in [0.717, 1.165) is 0 Å². The first-order valence-corrected chi connectivity index (χ1v) is 4.58. The molecule has 1 aromatic carbocycles. The summed E-state index contributed by atoms with van der Waals surface area (Å²) in [5.41, 5.74) is 0.0726. The van der Waals surface area contributed by atoms with Gasteiger partial charge in [-0.15, -0.1) is 0 Å². The minimum absolute atomic E-state index is 0.0948. The second kappa shape index (κ2) is 5.56. The Morgan fingerprint density at radius 2 is 2.06 bits per heavy atom. The topological polar surface area (TPSA) is 72.8 Å². The van der Waals surface area contributed by atoms with Crippen molar-refractivity contribution < 1.29 is 24.2 Å². The number of carboxylic acids is 1. The van der Waals surface area contributed by atoms with Crippen LogP contribution in [0.25, 0.3) is 0 Å². The molecule has 0 saturated heterocycles. The number of carbonyl (C=O) groups is 2. The van der Waals surface area contributed by atoms with E-state index in [1.165, 1.54) is 26.4 Å². The van der Waals surface area contributed by atoms with E-state index in [4.69, 9.17) is 14.6 Å². The van der Waals surface area contributed by atoms with Gasteiger partial charge in [0, 0.05) is 11.6 Å². The van der Waals surface area contributed by atoms with Gasteiger partial charge in [-0.1, -0.05) is 5.92 Å². The number of ether oxygens (including phenoxy) is 2. The Labute approximate surface area is 98.0 Å². The predicted octanol–water partition coefficient (Wildman–Crippen LogP) is 0.952. The highest BCUT2D eigenvalue weighted by molar-refractivity contribution is 5.95. The molecule has 1 aromatic rings. The molecule has 0 bridgehead atoms. The molecule has 0 heterocycles. The lowest BCUT2D eigenvalue weighted by molar-refractivity contribution is -0.103. The van der Waals surface area contributed by atoms with E-state index in [-0.39, 0.29) is 16.9 Å². The molecular weight excluding hydrogens is 224 g/mol. The zero-order valence-electron chi connectivity index (χ0n) is 9.31. The molecule has 0 aliphatic rings. The molecule has 0 spiro atoms. The minimum Gasteiger partial charge on any atom is -0.497 e. The maximum Gasteiger partial charge on any atom is 0.340 e. The van der Waals surface area contributed by atoms with E-state index in [9.17, 15) is 9.59 Å². The maximum absolute atomic E-state index is 11.1. The van der Waals surface area contributed by atoms with Gasteiger partial charge in [-0.3, -0.25) is 4.79 Å². The van der Waals surface area contributed by atoms with E-state index in [2.05, 4.69) is 11.8 Å². The molecule has 0 amide bonds. The minimum atomic E-state index is -1.18. The number of aldehydes is 1. The van der Waals surface area contributed by atoms with Crippen LogP contribution in [0.3, 0.4) is 0 Å². The standard InChI is InChI=1S/C12H10O5/c1-16-9-6-8(4-3-5-13)11(12(14)15)10(7-9)17-2/h5-7H,1-2H3,(H,14,15). The van der Waals surface area contributed by atoms with Gasteiger partial charge < -0.3 is 14.6 Å². The number of aromatic carboxylic acids is 1. The summed E-state index contributed by atoms with van der Waals surface area (Å²) in [6.45, 7) is 0. The van der Waals surface area contributed by atoms with E-state index in [0.29, 0.717) is 12.0 Å². The lowest BCUT2D eigenvalue weighted by Gasteiger charge is -2.09. The van der Waals surface area contributed by atoms with Gasteiger partial charge >= 0.3 is 5.97 Å². The van der Waals surface area contributed by atoms with Crippen molar-refractivity contribution in [3.63, 3.8) is 0 Å². The molecule has 5 heteroatoms. The van der Waals surface area contributed by atoms with Gasteiger partial charge in [0.25, 0.3) is 0 Å². The molecule has 1 rings (SSSR count). The van der Waals surface area contributed by atoms with Gasteiger partial charge in [0.1, 0.15) is 17.1 Å². The number of carboxylic acid groups (broad SMARTS) is 1. The van der Waals surface area contributed by atoms with Crippen molar-refractivity contribution in [1.82, 2.24) is 0 Å². The summed E-state index contributed by atoms with van der Waals surface area (Å²) >= 11 is 0. The van der Waals surface area contributed by atoms with E-state index in [1.54, 1.807) is 0 Å². The third-order valence-corrected chi connectivity index (χ3v) is 2.01. The molecular formula is C12H10O5. The van der Waals surface area contributed by atoms with Crippen molar-refractivity contribution >= 4 is 12.3 Å². The van der Waals surface area contributed by atoms with Gasteiger partial charge in [0.05, 0.1) is 14.2 Å². The first kappa shape index (κ1) is 12.6. The normalized spacial score (nSPS) is 8.82. The van der Waals surface area contributed by atoms with Crippen molar-refractivity contribution in [2.24, 2.45) is 0 Å². The van der Waals surface area contributed by atoms with Crippen LogP contribution in [0.5, 0.6) is 11.5 Å². The first-order chi connectivity index (χ1) is 8.13. The fraction of sp³-hybridized carbons (Fsp3) is 0.167. The Kier molecular flexibility index (Phi) is 4.12. The van der Waals surface area contributed by atoms with Gasteiger partial charge in [-0.2, -0.15) is 0 Å². The monoisotopic (exact) mass is 234 g/mol. The smallest absolute Gasteiger partial charge is 0.340 e. The molecule has 0 aliphatic heterocycles. The van der Waals surface area contributed by atoms with Crippen LogP contribution in [0.4, 0.5) is 0 Å². The maximum atomic E-state index is 11.1. The Balaban J connectivity index is 3.51. The third-order valence-electron chi connectivity index (χ3n) is 2.01. The van der Waals surface area contributed by atoms with Gasteiger partial charge in [0.15, 0.2) is 6.29 Å². The second-order valence-electron chi connectivity index (χ2n) is 2.94. The summed E-state index contributed by atoms with van der Waals surface area (Å²) in [6.07, 6.45) is 0.386. The molecule has 88 valence electrons. The average Bonchev–Trinajstić information content (AvgIpc) is 2.34. The van der Waals surface area contributed by atoms with Crippen molar-refractivity contribution in [1.29, 1.82) is 0 Å². The highest BCUT2D eigenvalue weighted by Gasteiger charge is 2.17. The average molecular weight is 234 g/mol. The number of hydrogen-bond acceptors (Lipinski definition) is 4. The molecule has 0 radical (unpaired) electrons. The van der Waals surface area contributed by atoms with Crippen LogP contribution in [-0.2, 0) is 4.79 Å². The molecule has 5 nitrogen and oxygen atoms in total. The molecule has 0 atom stereocenters. The number of methoxy groups -OCH3 is 2. The van der Waals surface area contributed by atoms with Crippen molar-refractivity contribution in [2.75, 3.05) is 14.2 Å². The first-order valence-electron chi connectivity index (χ1n) is 4.58. The van der Waals surface area contributed by atoms with Crippen LogP contribution in [0.2, 0.25) is 0 Å². The number of carbonyl (C=O) groups excluding carboxylic acids is 1. The summed E-state index contributed by atoms with van der Waals surface area (Å²) in [4.78, 5) is 21.3. The number of benzene rings is 1. The van der Waals surface area contributed by atoms with Crippen LogP contribution >= 0.6 is 0 Å². The van der Waals surface area contributed by atoms with Crippen LogP contribution in [-0.4, -0.2) is 31.6 Å². The summed E-state index contributed by atoms with van der Waals surface area (Å²) in [7, 11) is 2.78. The number of rotatable bonds is 3. The molecule has 0 unspecified atom stereocenters. The predicted molar refractivity (Wildman–Crippen MR) is 59.4 cm³/mol. The highest BCUT2D eigenvalue weighted by Crippen LogP contribution is 2.28.